The largest absolute Gasteiger partial charge is 0.369 e. The van der Waals surface area contributed by atoms with Crippen LogP contribution in [-0.2, 0) is 9.53 Å². The molecule has 172 valence electrons. The Balaban J connectivity index is 1.28. The molecule has 4 aliphatic carbocycles. The summed E-state index contributed by atoms with van der Waals surface area (Å²) in [7, 11) is 0. The van der Waals surface area contributed by atoms with E-state index in [1.165, 1.54) is 38.5 Å². The Kier molecular flexibility index (Phi) is 4.83. The normalized spacial score (nSPS) is 54.3. The van der Waals surface area contributed by atoms with E-state index in [9.17, 15) is 4.79 Å². The second-order valence-electron chi connectivity index (χ2n) is 12.9. The van der Waals surface area contributed by atoms with Crippen LogP contribution in [0, 0.1) is 40.9 Å². The van der Waals surface area contributed by atoms with E-state index < -0.39 is 0 Å². The number of ether oxygens (including phenoxy) is 1. The first kappa shape index (κ1) is 20.9. The van der Waals surface area contributed by atoms with Gasteiger partial charge in [0.1, 0.15) is 5.78 Å². The van der Waals surface area contributed by atoms with Crippen LogP contribution in [0.1, 0.15) is 91.9 Å². The number of rotatable bonds is 0. The van der Waals surface area contributed by atoms with Crippen LogP contribution in [0.4, 0.5) is 0 Å². The molecule has 0 bridgehead atoms. The van der Waals surface area contributed by atoms with E-state index in [2.05, 4.69) is 33.0 Å². The van der Waals surface area contributed by atoms with E-state index in [1.807, 2.05) is 5.57 Å². The van der Waals surface area contributed by atoms with E-state index in [0.29, 0.717) is 35.2 Å². The number of Topliss-reactive ketones (excluding diaryl/α,β-unsaturated/α-hetero) is 1. The van der Waals surface area contributed by atoms with Crippen molar-refractivity contribution in [3.8, 4) is 0 Å². The average molecular weight is 426 g/mol. The number of piperidine rings is 1. The van der Waals surface area contributed by atoms with Crippen molar-refractivity contribution < 1.29 is 9.53 Å². The Labute approximate surface area is 189 Å². The number of ketones is 1. The standard InChI is InChI=1S/C28H43NO2/c1-16-11-25-26(29-15-16)18(3)28(31-25)10-8-21-22-6-5-19-12-20(30)7-9-27(19,4)24(22)13-23(21)17(2)14-28/h16,18-19,21-22,24-26,29H,5-15H2,1-4H3/t16-,18+,19?,21-,22?,24-,25+,26-,27-,28?/m0/s1. The maximum atomic E-state index is 12.2. The highest BCUT2D eigenvalue weighted by Gasteiger charge is 2.59. The summed E-state index contributed by atoms with van der Waals surface area (Å²) < 4.78 is 7.01. The highest BCUT2D eigenvalue weighted by molar-refractivity contribution is 5.79. The number of hydrogen-bond donors (Lipinski definition) is 1. The lowest BCUT2D eigenvalue weighted by Crippen LogP contribution is -2.48. The van der Waals surface area contributed by atoms with E-state index in [4.69, 9.17) is 4.74 Å². The van der Waals surface area contributed by atoms with Gasteiger partial charge in [0, 0.05) is 24.8 Å². The van der Waals surface area contributed by atoms with Gasteiger partial charge in [-0.2, -0.15) is 0 Å². The Morgan fingerprint density at radius 2 is 1.94 bits per heavy atom. The topological polar surface area (TPSA) is 38.3 Å². The zero-order valence-corrected chi connectivity index (χ0v) is 20.2. The van der Waals surface area contributed by atoms with Crippen molar-refractivity contribution in [2.24, 2.45) is 40.9 Å². The van der Waals surface area contributed by atoms with Crippen LogP contribution in [0.5, 0.6) is 0 Å². The lowest BCUT2D eigenvalue weighted by molar-refractivity contribution is -0.129. The summed E-state index contributed by atoms with van der Waals surface area (Å²) in [6, 6.07) is 0.550. The molecule has 2 aliphatic heterocycles. The number of carbonyl (C=O) groups is 1. The van der Waals surface area contributed by atoms with E-state index >= 15 is 0 Å². The minimum Gasteiger partial charge on any atom is -0.369 e. The summed E-state index contributed by atoms with van der Waals surface area (Å²) in [5, 5.41) is 3.85. The number of fused-ring (bicyclic) bond motifs is 6. The molecule has 2 heterocycles. The number of carbonyl (C=O) groups excluding carboxylic acids is 1. The zero-order valence-electron chi connectivity index (χ0n) is 20.2. The zero-order chi connectivity index (χ0) is 21.5. The fraction of sp³-hybridized carbons (Fsp3) is 0.893. The van der Waals surface area contributed by atoms with Crippen molar-refractivity contribution in [3.63, 3.8) is 0 Å². The molecule has 0 radical (unpaired) electrons. The second-order valence-corrected chi connectivity index (χ2v) is 12.9. The van der Waals surface area contributed by atoms with Crippen LogP contribution in [-0.4, -0.2) is 30.1 Å². The SMILES string of the molecule is CC1=C2C[C@H]3C(CCC4CC(=O)CC[C@@]43C)[C@@H]2CCC2(C1)O[C@@H]1C[C@H](C)CN[C@H]1[C@H]2C. The number of allylic oxidation sites excluding steroid dienone is 1. The monoisotopic (exact) mass is 425 g/mol. The van der Waals surface area contributed by atoms with Crippen LogP contribution in [0.15, 0.2) is 11.1 Å². The van der Waals surface area contributed by atoms with Crippen LogP contribution < -0.4 is 5.32 Å². The minimum atomic E-state index is 0.0572. The van der Waals surface area contributed by atoms with Crippen LogP contribution in [0.25, 0.3) is 0 Å². The van der Waals surface area contributed by atoms with E-state index in [0.717, 1.165) is 55.9 Å². The molecule has 3 saturated carbocycles. The number of hydrogen-bond acceptors (Lipinski definition) is 3. The molecule has 0 amide bonds. The van der Waals surface area contributed by atoms with Gasteiger partial charge in [-0.3, -0.25) is 4.79 Å². The molecular weight excluding hydrogens is 382 g/mol. The van der Waals surface area contributed by atoms with E-state index in [1.54, 1.807) is 5.57 Å². The Hall–Kier alpha value is -0.670. The molecule has 31 heavy (non-hydrogen) atoms. The molecule has 0 aromatic rings. The molecular formula is C28H43NO2. The van der Waals surface area contributed by atoms with Crippen molar-refractivity contribution in [1.82, 2.24) is 5.32 Å². The minimum absolute atomic E-state index is 0.0572. The lowest BCUT2D eigenvalue weighted by Gasteiger charge is -2.52. The first-order valence-electron chi connectivity index (χ1n) is 13.4. The fourth-order valence-corrected chi connectivity index (χ4v) is 9.61. The molecule has 0 aromatic carbocycles. The third kappa shape index (κ3) is 3.01. The van der Waals surface area contributed by atoms with Gasteiger partial charge in [0.25, 0.3) is 0 Å². The fourth-order valence-electron chi connectivity index (χ4n) is 9.61. The van der Waals surface area contributed by atoms with Gasteiger partial charge < -0.3 is 10.1 Å². The third-order valence-corrected chi connectivity index (χ3v) is 11.4. The van der Waals surface area contributed by atoms with Crippen LogP contribution in [0.2, 0.25) is 0 Å². The average Bonchev–Trinajstić information content (AvgIpc) is 3.19. The predicted octanol–water partition coefficient (Wildman–Crippen LogP) is 5.68. The quantitative estimate of drug-likeness (QED) is 0.507. The van der Waals surface area contributed by atoms with Gasteiger partial charge in [-0.1, -0.05) is 31.9 Å². The highest BCUT2D eigenvalue weighted by atomic mass is 16.5. The van der Waals surface area contributed by atoms with Crippen molar-refractivity contribution in [1.29, 1.82) is 0 Å². The predicted molar refractivity (Wildman–Crippen MR) is 124 cm³/mol. The molecule has 6 aliphatic rings. The van der Waals surface area contributed by atoms with Gasteiger partial charge >= 0.3 is 0 Å². The van der Waals surface area contributed by atoms with E-state index in [-0.39, 0.29) is 5.60 Å². The maximum Gasteiger partial charge on any atom is 0.133 e. The molecule has 5 fully saturated rings. The Bertz CT molecular complexity index is 803. The van der Waals surface area contributed by atoms with Crippen molar-refractivity contribution in [3.05, 3.63) is 11.1 Å². The second kappa shape index (κ2) is 7.16. The lowest BCUT2D eigenvalue weighted by atomic mass is 9.52. The molecule has 3 heteroatoms. The third-order valence-electron chi connectivity index (χ3n) is 11.4. The summed E-state index contributed by atoms with van der Waals surface area (Å²) in [5.41, 5.74) is 3.95. The van der Waals surface area contributed by atoms with Crippen molar-refractivity contribution >= 4 is 5.78 Å². The highest BCUT2D eigenvalue weighted by Crippen LogP contribution is 2.65. The first-order valence-corrected chi connectivity index (χ1v) is 13.4. The van der Waals surface area contributed by atoms with Gasteiger partial charge in [0.05, 0.1) is 11.7 Å². The molecule has 10 atom stereocenters. The number of nitrogens with one attached hydrogen (secondary N) is 1. The molecule has 3 nitrogen and oxygen atoms in total. The summed E-state index contributed by atoms with van der Waals surface area (Å²) in [5.74, 6) is 4.97. The molecule has 6 rings (SSSR count). The van der Waals surface area contributed by atoms with Gasteiger partial charge in [-0.15, -0.1) is 0 Å². The molecule has 0 aromatic heterocycles. The molecule has 1 N–H and O–H groups in total. The molecule has 3 unspecified atom stereocenters. The Morgan fingerprint density at radius 1 is 1.10 bits per heavy atom. The molecule has 2 saturated heterocycles. The Morgan fingerprint density at radius 3 is 2.77 bits per heavy atom. The van der Waals surface area contributed by atoms with Crippen molar-refractivity contribution in [2.45, 2.75) is 110 Å². The molecule has 1 spiro atoms. The maximum absolute atomic E-state index is 12.2. The van der Waals surface area contributed by atoms with Crippen LogP contribution in [0.3, 0.4) is 0 Å². The summed E-state index contributed by atoms with van der Waals surface area (Å²) in [4.78, 5) is 12.2. The van der Waals surface area contributed by atoms with Gasteiger partial charge in [0.15, 0.2) is 0 Å². The first-order chi connectivity index (χ1) is 14.8. The van der Waals surface area contributed by atoms with Gasteiger partial charge in [-0.25, -0.2) is 0 Å². The van der Waals surface area contributed by atoms with Crippen LogP contribution >= 0.6 is 0 Å². The summed E-state index contributed by atoms with van der Waals surface area (Å²) in [6.45, 7) is 11.0. The van der Waals surface area contributed by atoms with Gasteiger partial charge in [0.2, 0.25) is 0 Å². The van der Waals surface area contributed by atoms with Crippen molar-refractivity contribution in [2.75, 3.05) is 6.54 Å². The smallest absolute Gasteiger partial charge is 0.133 e. The van der Waals surface area contributed by atoms with Gasteiger partial charge in [-0.05, 0) is 99.8 Å². The summed E-state index contributed by atoms with van der Waals surface area (Å²) in [6.07, 6.45) is 12.2. The summed E-state index contributed by atoms with van der Waals surface area (Å²) >= 11 is 0.